The highest BCUT2D eigenvalue weighted by molar-refractivity contribution is 4.88. The lowest BCUT2D eigenvalue weighted by atomic mass is 9.80. The molecule has 1 heterocycles. The quantitative estimate of drug-likeness (QED) is 0.592. The van der Waals surface area contributed by atoms with E-state index in [4.69, 9.17) is 0 Å². The van der Waals surface area contributed by atoms with Crippen LogP contribution in [0.4, 0.5) is 0 Å². The zero-order valence-corrected chi connectivity index (χ0v) is 9.51. The Morgan fingerprint density at radius 1 is 1.38 bits per heavy atom. The molecule has 1 saturated heterocycles. The minimum absolute atomic E-state index is 0.491. The number of nitrogens with zero attached hydrogens (tertiary/aromatic N) is 1. The molecule has 0 spiro atoms. The van der Waals surface area contributed by atoms with Gasteiger partial charge in [0.1, 0.15) is 0 Å². The van der Waals surface area contributed by atoms with E-state index in [1.54, 1.807) is 0 Å². The van der Waals surface area contributed by atoms with E-state index in [-0.39, 0.29) is 0 Å². The van der Waals surface area contributed by atoms with Crippen molar-refractivity contribution < 1.29 is 0 Å². The molecule has 1 unspecified atom stereocenters. The molecule has 1 aliphatic rings. The van der Waals surface area contributed by atoms with Crippen molar-refractivity contribution in [1.29, 1.82) is 0 Å². The summed E-state index contributed by atoms with van der Waals surface area (Å²) in [4.78, 5) is 2.55. The molecule has 0 saturated carbocycles. The molecule has 0 radical (unpaired) electrons. The maximum absolute atomic E-state index is 2.55. The van der Waals surface area contributed by atoms with Crippen molar-refractivity contribution in [2.75, 3.05) is 19.6 Å². The molecule has 76 valence electrons. The van der Waals surface area contributed by atoms with Crippen molar-refractivity contribution >= 4 is 0 Å². The largest absolute Gasteiger partial charge is 0.299 e. The molecule has 1 atom stereocenters. The Morgan fingerprint density at radius 2 is 2.08 bits per heavy atom. The lowest BCUT2D eigenvalue weighted by molar-refractivity contribution is 0.236. The van der Waals surface area contributed by atoms with Crippen molar-refractivity contribution in [3.05, 3.63) is 12.2 Å². The van der Waals surface area contributed by atoms with Gasteiger partial charge in [-0.2, -0.15) is 0 Å². The number of hydrogen-bond donors (Lipinski definition) is 0. The molecule has 0 bridgehead atoms. The van der Waals surface area contributed by atoms with Gasteiger partial charge < -0.3 is 0 Å². The van der Waals surface area contributed by atoms with Crippen LogP contribution in [-0.4, -0.2) is 24.5 Å². The van der Waals surface area contributed by atoms with Gasteiger partial charge in [0.25, 0.3) is 0 Å². The number of rotatable bonds is 2. The van der Waals surface area contributed by atoms with Crippen LogP contribution >= 0.6 is 0 Å². The molecular weight excluding hydrogens is 158 g/mol. The molecule has 1 nitrogen and oxygen atoms in total. The molecule has 1 fully saturated rings. The van der Waals surface area contributed by atoms with E-state index < -0.39 is 0 Å². The van der Waals surface area contributed by atoms with Crippen LogP contribution in [0, 0.1) is 11.3 Å². The summed E-state index contributed by atoms with van der Waals surface area (Å²) in [6, 6.07) is 0. The summed E-state index contributed by atoms with van der Waals surface area (Å²) in [6.07, 6.45) is 5.77. The Balaban J connectivity index is 2.36. The summed E-state index contributed by atoms with van der Waals surface area (Å²) in [5.41, 5.74) is 0.491. The van der Waals surface area contributed by atoms with Crippen LogP contribution in [0.25, 0.3) is 0 Å². The van der Waals surface area contributed by atoms with Gasteiger partial charge in [-0.3, -0.25) is 4.90 Å². The monoisotopic (exact) mass is 181 g/mol. The minimum Gasteiger partial charge on any atom is -0.299 e. The molecule has 0 amide bonds. The Kier molecular flexibility index (Phi) is 3.55. The summed E-state index contributed by atoms with van der Waals surface area (Å²) >= 11 is 0. The van der Waals surface area contributed by atoms with E-state index in [0.717, 1.165) is 12.5 Å². The summed E-state index contributed by atoms with van der Waals surface area (Å²) in [5.74, 6) is 0.887. The van der Waals surface area contributed by atoms with Crippen molar-refractivity contribution in [1.82, 2.24) is 4.90 Å². The van der Waals surface area contributed by atoms with Crippen LogP contribution in [-0.2, 0) is 0 Å². The maximum Gasteiger partial charge on any atom is 0.0163 e. The zero-order chi connectivity index (χ0) is 9.90. The lowest BCUT2D eigenvalue weighted by Crippen LogP contribution is -2.26. The van der Waals surface area contributed by atoms with Crippen molar-refractivity contribution in [3.8, 4) is 0 Å². The predicted octanol–water partition coefficient (Wildman–Crippen LogP) is 2.93. The van der Waals surface area contributed by atoms with E-state index >= 15 is 0 Å². The lowest BCUT2D eigenvalue weighted by Gasteiger charge is -2.26. The molecule has 0 aromatic carbocycles. The van der Waals surface area contributed by atoms with E-state index in [1.807, 2.05) is 0 Å². The Hall–Kier alpha value is -0.300. The van der Waals surface area contributed by atoms with Crippen LogP contribution < -0.4 is 0 Å². The van der Waals surface area contributed by atoms with Gasteiger partial charge in [0, 0.05) is 13.1 Å². The van der Waals surface area contributed by atoms with Gasteiger partial charge in [0.05, 0.1) is 0 Å². The van der Waals surface area contributed by atoms with Gasteiger partial charge in [0.2, 0.25) is 0 Å². The number of hydrogen-bond acceptors (Lipinski definition) is 1. The van der Waals surface area contributed by atoms with Crippen molar-refractivity contribution in [2.24, 2.45) is 11.3 Å². The normalized spacial score (nSPS) is 26.0. The Bertz CT molecular complexity index is 176. The number of allylic oxidation sites excluding steroid dienone is 1. The number of likely N-dealkylation sites (tertiary alicyclic amines) is 1. The standard InChI is InChI=1S/C12H23N/c1-5-6-8-13-9-7-11(10-13)12(2,3)4/h5-6,11H,7-10H2,1-4H3/b6-5+. The first-order valence-corrected chi connectivity index (χ1v) is 5.37. The second kappa shape index (κ2) is 4.28. The van der Waals surface area contributed by atoms with Crippen molar-refractivity contribution in [3.63, 3.8) is 0 Å². The highest BCUT2D eigenvalue weighted by atomic mass is 15.1. The van der Waals surface area contributed by atoms with Gasteiger partial charge in [-0.15, -0.1) is 0 Å². The third kappa shape index (κ3) is 3.15. The second-order valence-electron chi connectivity index (χ2n) is 5.18. The summed E-state index contributed by atoms with van der Waals surface area (Å²) in [5, 5.41) is 0. The van der Waals surface area contributed by atoms with Crippen molar-refractivity contribution in [2.45, 2.75) is 34.1 Å². The van der Waals surface area contributed by atoms with E-state index in [0.29, 0.717) is 5.41 Å². The average molecular weight is 181 g/mol. The van der Waals surface area contributed by atoms with Crippen LogP contribution in [0.15, 0.2) is 12.2 Å². The van der Waals surface area contributed by atoms with E-state index in [2.05, 4.69) is 44.7 Å². The van der Waals surface area contributed by atoms with Gasteiger partial charge in [0.15, 0.2) is 0 Å². The first kappa shape index (κ1) is 10.8. The summed E-state index contributed by atoms with van der Waals surface area (Å²) < 4.78 is 0. The fourth-order valence-electron chi connectivity index (χ4n) is 1.96. The third-order valence-corrected chi connectivity index (χ3v) is 3.10. The zero-order valence-electron chi connectivity index (χ0n) is 9.51. The van der Waals surface area contributed by atoms with Gasteiger partial charge in [-0.05, 0) is 31.2 Å². The van der Waals surface area contributed by atoms with Gasteiger partial charge in [-0.25, -0.2) is 0 Å². The molecule has 1 aliphatic heterocycles. The fraction of sp³-hybridized carbons (Fsp3) is 0.833. The van der Waals surface area contributed by atoms with E-state index in [1.165, 1.54) is 19.5 Å². The molecule has 0 aromatic heterocycles. The average Bonchev–Trinajstić information content (AvgIpc) is 2.47. The van der Waals surface area contributed by atoms with Gasteiger partial charge >= 0.3 is 0 Å². The highest BCUT2D eigenvalue weighted by Gasteiger charge is 2.30. The first-order chi connectivity index (χ1) is 6.04. The SMILES string of the molecule is C/C=C/CN1CCC(C(C)(C)C)C1. The van der Waals surface area contributed by atoms with Crippen LogP contribution in [0.3, 0.4) is 0 Å². The van der Waals surface area contributed by atoms with Crippen LogP contribution in [0.2, 0.25) is 0 Å². The van der Waals surface area contributed by atoms with Crippen LogP contribution in [0.1, 0.15) is 34.1 Å². The Labute approximate surface area is 82.8 Å². The second-order valence-corrected chi connectivity index (χ2v) is 5.18. The molecule has 1 heteroatoms. The minimum atomic E-state index is 0.491. The predicted molar refractivity (Wildman–Crippen MR) is 58.8 cm³/mol. The highest BCUT2D eigenvalue weighted by Crippen LogP contribution is 2.33. The molecule has 13 heavy (non-hydrogen) atoms. The molecule has 1 rings (SSSR count). The molecule has 0 aromatic rings. The Morgan fingerprint density at radius 3 is 2.54 bits per heavy atom. The van der Waals surface area contributed by atoms with Crippen LogP contribution in [0.5, 0.6) is 0 Å². The van der Waals surface area contributed by atoms with Gasteiger partial charge in [-0.1, -0.05) is 32.9 Å². The van der Waals surface area contributed by atoms with E-state index in [9.17, 15) is 0 Å². The molecular formula is C12H23N. The maximum atomic E-state index is 2.55. The molecule has 0 aliphatic carbocycles. The molecule has 0 N–H and O–H groups in total. The summed E-state index contributed by atoms with van der Waals surface area (Å²) in [6.45, 7) is 12.9. The topological polar surface area (TPSA) is 3.24 Å². The first-order valence-electron chi connectivity index (χ1n) is 5.37. The fourth-order valence-corrected chi connectivity index (χ4v) is 1.96. The smallest absolute Gasteiger partial charge is 0.0163 e. The third-order valence-electron chi connectivity index (χ3n) is 3.10. The summed E-state index contributed by atoms with van der Waals surface area (Å²) in [7, 11) is 0.